The molecular weight excluding hydrogens is 332 g/mol. The van der Waals surface area contributed by atoms with Crippen LogP contribution in [0.15, 0.2) is 24.3 Å². The van der Waals surface area contributed by atoms with E-state index in [1.807, 2.05) is 30.3 Å². The van der Waals surface area contributed by atoms with E-state index in [0.29, 0.717) is 5.56 Å². The van der Waals surface area contributed by atoms with Crippen LogP contribution in [0.2, 0.25) is 0 Å². The summed E-state index contributed by atoms with van der Waals surface area (Å²) in [6.45, 7) is 7.74. The van der Waals surface area contributed by atoms with Crippen molar-refractivity contribution in [3.8, 4) is 6.07 Å². The van der Waals surface area contributed by atoms with Crippen LogP contribution >= 0.6 is 0 Å². The summed E-state index contributed by atoms with van der Waals surface area (Å²) >= 11 is 0. The molecule has 0 aliphatic carbocycles. The van der Waals surface area contributed by atoms with Crippen LogP contribution in [0.5, 0.6) is 0 Å². The zero-order chi connectivity index (χ0) is 19.5. The van der Waals surface area contributed by atoms with E-state index in [4.69, 9.17) is 5.26 Å². The number of nitriles is 1. The lowest BCUT2D eigenvalue weighted by atomic mass is 9.84. The number of urea groups is 1. The lowest BCUT2D eigenvalue weighted by Gasteiger charge is -2.24. The number of imide groups is 1. The van der Waals surface area contributed by atoms with Crippen molar-refractivity contribution in [3.63, 3.8) is 0 Å². The van der Waals surface area contributed by atoms with Crippen molar-refractivity contribution in [1.82, 2.24) is 15.5 Å². The summed E-state index contributed by atoms with van der Waals surface area (Å²) in [6.07, 6.45) is 0.170. The van der Waals surface area contributed by atoms with Crippen molar-refractivity contribution in [2.45, 2.75) is 45.1 Å². The SMILES string of the molecule is CC(C)(C)c1ccc(C2(C)NC(=O)N(CC(=O)NCCC#N)C2=O)cc1. The van der Waals surface area contributed by atoms with Crippen molar-refractivity contribution in [2.75, 3.05) is 13.1 Å². The number of carbonyl (C=O) groups is 3. The van der Waals surface area contributed by atoms with Crippen LogP contribution < -0.4 is 10.6 Å². The minimum Gasteiger partial charge on any atom is -0.354 e. The van der Waals surface area contributed by atoms with Gasteiger partial charge < -0.3 is 10.6 Å². The van der Waals surface area contributed by atoms with Gasteiger partial charge in [-0.3, -0.25) is 14.5 Å². The number of nitrogens with one attached hydrogen (secondary N) is 2. The van der Waals surface area contributed by atoms with E-state index in [1.165, 1.54) is 0 Å². The Balaban J connectivity index is 2.16. The third-order valence-electron chi connectivity index (χ3n) is 4.46. The highest BCUT2D eigenvalue weighted by Crippen LogP contribution is 2.30. The maximum absolute atomic E-state index is 12.8. The third kappa shape index (κ3) is 3.85. The van der Waals surface area contributed by atoms with Gasteiger partial charge in [-0.2, -0.15) is 5.26 Å². The van der Waals surface area contributed by atoms with E-state index >= 15 is 0 Å². The average Bonchev–Trinajstić information content (AvgIpc) is 2.79. The van der Waals surface area contributed by atoms with Gasteiger partial charge in [0, 0.05) is 6.54 Å². The topological polar surface area (TPSA) is 102 Å². The number of benzene rings is 1. The van der Waals surface area contributed by atoms with Crippen LogP contribution in [0.1, 0.15) is 45.2 Å². The molecular formula is C19H24N4O3. The van der Waals surface area contributed by atoms with Gasteiger partial charge >= 0.3 is 6.03 Å². The fraction of sp³-hybridized carbons (Fsp3) is 0.474. The second kappa shape index (κ2) is 7.16. The van der Waals surface area contributed by atoms with Crippen molar-refractivity contribution >= 4 is 17.8 Å². The Morgan fingerprint density at radius 2 is 1.88 bits per heavy atom. The largest absolute Gasteiger partial charge is 0.354 e. The standard InChI is InChI=1S/C19H24N4O3/c1-18(2,3)13-6-8-14(9-7-13)19(4)16(25)23(17(26)22-19)12-15(24)21-11-5-10-20/h6-9H,5,11-12H2,1-4H3,(H,21,24)(H,22,26). The number of hydrogen-bond acceptors (Lipinski definition) is 4. The molecule has 2 rings (SSSR count). The van der Waals surface area contributed by atoms with E-state index in [2.05, 4.69) is 31.4 Å². The highest BCUT2D eigenvalue weighted by atomic mass is 16.2. The van der Waals surface area contributed by atoms with Crippen LogP contribution in [0.3, 0.4) is 0 Å². The minimum absolute atomic E-state index is 0.0179. The van der Waals surface area contributed by atoms with Crippen LogP contribution in [0, 0.1) is 11.3 Å². The molecule has 1 aromatic carbocycles. The number of nitrogens with zero attached hydrogens (tertiary/aromatic N) is 2. The van der Waals surface area contributed by atoms with E-state index in [9.17, 15) is 14.4 Å². The molecule has 2 N–H and O–H groups in total. The molecule has 0 bridgehead atoms. The first kappa shape index (κ1) is 19.4. The van der Waals surface area contributed by atoms with Gasteiger partial charge in [0.05, 0.1) is 12.5 Å². The van der Waals surface area contributed by atoms with E-state index in [1.54, 1.807) is 6.92 Å². The molecule has 0 saturated carbocycles. The van der Waals surface area contributed by atoms with Crippen molar-refractivity contribution in [2.24, 2.45) is 0 Å². The quantitative estimate of drug-likeness (QED) is 0.620. The molecule has 1 saturated heterocycles. The molecule has 0 radical (unpaired) electrons. The Bertz CT molecular complexity index is 758. The van der Waals surface area contributed by atoms with Gasteiger partial charge in [-0.15, -0.1) is 0 Å². The number of carbonyl (C=O) groups excluding carboxylic acids is 3. The Morgan fingerprint density at radius 3 is 2.42 bits per heavy atom. The van der Waals surface area contributed by atoms with E-state index < -0.39 is 23.4 Å². The van der Waals surface area contributed by atoms with Crippen LogP contribution in [0.25, 0.3) is 0 Å². The first-order valence-electron chi connectivity index (χ1n) is 8.48. The molecule has 7 nitrogen and oxygen atoms in total. The summed E-state index contributed by atoms with van der Waals surface area (Å²) in [7, 11) is 0. The van der Waals surface area contributed by atoms with Crippen molar-refractivity contribution in [3.05, 3.63) is 35.4 Å². The normalized spacial score (nSPS) is 19.9. The smallest absolute Gasteiger partial charge is 0.325 e. The molecule has 1 aliphatic rings. The van der Waals surface area contributed by atoms with Gasteiger partial charge in [-0.05, 0) is 23.5 Å². The van der Waals surface area contributed by atoms with E-state index in [-0.39, 0.29) is 24.9 Å². The maximum Gasteiger partial charge on any atom is 0.325 e. The van der Waals surface area contributed by atoms with E-state index in [0.717, 1.165) is 10.5 Å². The van der Waals surface area contributed by atoms with Crippen molar-refractivity contribution in [1.29, 1.82) is 5.26 Å². The minimum atomic E-state index is -1.21. The number of hydrogen-bond donors (Lipinski definition) is 2. The monoisotopic (exact) mass is 356 g/mol. The van der Waals surface area contributed by atoms with Gasteiger partial charge in [-0.1, -0.05) is 45.0 Å². The highest BCUT2D eigenvalue weighted by molar-refractivity contribution is 6.09. The maximum atomic E-state index is 12.8. The molecule has 0 spiro atoms. The summed E-state index contributed by atoms with van der Waals surface area (Å²) < 4.78 is 0. The molecule has 1 fully saturated rings. The summed E-state index contributed by atoms with van der Waals surface area (Å²) in [5, 5.41) is 13.7. The summed E-state index contributed by atoms with van der Waals surface area (Å²) in [4.78, 5) is 37.8. The van der Waals surface area contributed by atoms with Gasteiger partial charge in [-0.25, -0.2) is 4.79 Å². The van der Waals surface area contributed by atoms with Gasteiger partial charge in [0.2, 0.25) is 5.91 Å². The molecule has 1 heterocycles. The Hall–Kier alpha value is -2.88. The number of rotatable bonds is 5. The molecule has 1 aliphatic heterocycles. The second-order valence-corrected chi connectivity index (χ2v) is 7.53. The molecule has 4 amide bonds. The molecule has 26 heavy (non-hydrogen) atoms. The number of amides is 4. The fourth-order valence-electron chi connectivity index (χ4n) is 2.80. The molecule has 7 heteroatoms. The first-order valence-corrected chi connectivity index (χ1v) is 8.48. The van der Waals surface area contributed by atoms with Gasteiger partial charge in [0.25, 0.3) is 5.91 Å². The molecule has 138 valence electrons. The molecule has 1 atom stereocenters. The lowest BCUT2D eigenvalue weighted by Crippen LogP contribution is -2.43. The predicted molar refractivity (Wildman–Crippen MR) is 96.0 cm³/mol. The molecule has 1 aromatic rings. The summed E-state index contributed by atoms with van der Waals surface area (Å²) in [5.41, 5.74) is 0.558. The van der Waals surface area contributed by atoms with Crippen LogP contribution in [0.4, 0.5) is 4.79 Å². The second-order valence-electron chi connectivity index (χ2n) is 7.53. The van der Waals surface area contributed by atoms with Crippen LogP contribution in [-0.4, -0.2) is 35.8 Å². The highest BCUT2D eigenvalue weighted by Gasteiger charge is 2.49. The van der Waals surface area contributed by atoms with Gasteiger partial charge in [0.15, 0.2) is 0 Å². The Kier molecular flexibility index (Phi) is 5.36. The first-order chi connectivity index (χ1) is 12.1. The summed E-state index contributed by atoms with van der Waals surface area (Å²) in [6, 6.07) is 8.85. The average molecular weight is 356 g/mol. The zero-order valence-corrected chi connectivity index (χ0v) is 15.5. The Morgan fingerprint density at radius 1 is 1.27 bits per heavy atom. The van der Waals surface area contributed by atoms with Crippen molar-refractivity contribution < 1.29 is 14.4 Å². The van der Waals surface area contributed by atoms with Crippen LogP contribution in [-0.2, 0) is 20.5 Å². The summed E-state index contributed by atoms with van der Waals surface area (Å²) in [5.74, 6) is -0.947. The fourth-order valence-corrected chi connectivity index (χ4v) is 2.80. The third-order valence-corrected chi connectivity index (χ3v) is 4.46. The molecule has 0 aromatic heterocycles. The zero-order valence-electron chi connectivity index (χ0n) is 15.5. The predicted octanol–water partition coefficient (Wildman–Crippen LogP) is 1.78. The lowest BCUT2D eigenvalue weighted by molar-refractivity contribution is -0.134. The molecule has 1 unspecified atom stereocenters. The Labute approximate surface area is 153 Å². The van der Waals surface area contributed by atoms with Gasteiger partial charge in [0.1, 0.15) is 12.1 Å².